The van der Waals surface area contributed by atoms with Crippen molar-refractivity contribution in [2.45, 2.75) is 40.2 Å². The molecule has 0 spiro atoms. The Hall–Kier alpha value is -2.48. The van der Waals surface area contributed by atoms with Crippen molar-refractivity contribution < 1.29 is 4.79 Å². The van der Waals surface area contributed by atoms with Gasteiger partial charge in [0.25, 0.3) is 5.91 Å². The van der Waals surface area contributed by atoms with Gasteiger partial charge in [-0.2, -0.15) is 5.26 Å². The molecule has 0 aromatic heterocycles. The van der Waals surface area contributed by atoms with Crippen molar-refractivity contribution in [3.05, 3.63) is 36.0 Å². The maximum Gasteiger partial charge on any atom is 0.263 e. The molecule has 1 aromatic carbocycles. The molecule has 23 heavy (non-hydrogen) atoms. The first-order chi connectivity index (χ1) is 10.8. The minimum Gasteiger partial charge on any atom is -0.372 e. The van der Waals surface area contributed by atoms with Crippen molar-refractivity contribution in [1.29, 1.82) is 5.26 Å². The van der Waals surface area contributed by atoms with Gasteiger partial charge in [-0.25, -0.2) is 0 Å². The maximum absolute atomic E-state index is 12.0. The Balaban J connectivity index is 2.78. The van der Waals surface area contributed by atoms with Crippen molar-refractivity contribution in [3.63, 3.8) is 0 Å². The van der Waals surface area contributed by atoms with E-state index >= 15 is 0 Å². The second-order valence-electron chi connectivity index (χ2n) is 6.24. The summed E-state index contributed by atoms with van der Waals surface area (Å²) in [7, 11) is 0. The molecule has 0 aliphatic heterocycles. The van der Waals surface area contributed by atoms with Crippen molar-refractivity contribution >= 4 is 17.3 Å². The lowest BCUT2D eigenvalue weighted by molar-refractivity contribution is -0.118. The van der Waals surface area contributed by atoms with E-state index in [9.17, 15) is 4.79 Å². The Morgan fingerprint density at radius 1 is 1.22 bits per heavy atom. The first kappa shape index (κ1) is 18.6. The van der Waals surface area contributed by atoms with Crippen LogP contribution in [0, 0.1) is 11.3 Å². The second kappa shape index (κ2) is 8.23. The van der Waals surface area contributed by atoms with Gasteiger partial charge in [0, 0.05) is 36.2 Å². The number of benzene rings is 1. The monoisotopic (exact) mass is 314 g/mol. The van der Waals surface area contributed by atoms with Crippen LogP contribution >= 0.6 is 0 Å². The van der Waals surface area contributed by atoms with Crippen LogP contribution in [0.3, 0.4) is 0 Å². The second-order valence-corrected chi connectivity index (χ2v) is 6.24. The number of carbonyl (C=O) groups is 1. The Morgan fingerprint density at radius 2 is 1.78 bits per heavy atom. The van der Waals surface area contributed by atoms with Gasteiger partial charge in [-0.1, -0.05) is 0 Å². The van der Waals surface area contributed by atoms with Crippen LogP contribution in [-0.4, -0.2) is 24.5 Å². The highest BCUT2D eigenvalue weighted by Crippen LogP contribution is 2.18. The Morgan fingerprint density at radius 3 is 2.22 bits per heavy atom. The van der Waals surface area contributed by atoms with Gasteiger partial charge in [-0.05, 0) is 58.9 Å². The molecule has 0 saturated heterocycles. The number of carbonyl (C=O) groups excluding carboxylic acids is 1. The van der Waals surface area contributed by atoms with Crippen LogP contribution in [0.15, 0.2) is 36.0 Å². The summed E-state index contributed by atoms with van der Waals surface area (Å²) in [5.41, 5.74) is 1.65. The molecule has 0 radical (unpaired) electrons. The molecule has 0 atom stereocenters. The topological polar surface area (TPSA) is 68.2 Å². The summed E-state index contributed by atoms with van der Waals surface area (Å²) in [4.78, 5) is 14.2. The Bertz CT molecular complexity index is 587. The van der Waals surface area contributed by atoms with Crippen LogP contribution in [0.1, 0.15) is 34.6 Å². The first-order valence-electron chi connectivity index (χ1n) is 7.85. The molecule has 0 saturated carbocycles. The van der Waals surface area contributed by atoms with E-state index in [1.54, 1.807) is 0 Å². The molecule has 0 fully saturated rings. The predicted molar refractivity (Wildman–Crippen MR) is 95.2 cm³/mol. The predicted octanol–water partition coefficient (Wildman–Crippen LogP) is 3.27. The number of nitrogens with one attached hydrogen (secondary N) is 2. The third kappa shape index (κ3) is 6.03. The summed E-state index contributed by atoms with van der Waals surface area (Å²) < 4.78 is 0. The summed E-state index contributed by atoms with van der Waals surface area (Å²) in [5, 5.41) is 14.9. The van der Waals surface area contributed by atoms with E-state index in [2.05, 4.69) is 29.4 Å². The zero-order valence-electron chi connectivity index (χ0n) is 14.6. The van der Waals surface area contributed by atoms with Gasteiger partial charge in [-0.3, -0.25) is 4.79 Å². The molecule has 0 bridgehead atoms. The highest BCUT2D eigenvalue weighted by molar-refractivity contribution is 5.97. The van der Waals surface area contributed by atoms with Gasteiger partial charge in [0.1, 0.15) is 11.6 Å². The molecule has 5 nitrogen and oxygen atoms in total. The van der Waals surface area contributed by atoms with Crippen molar-refractivity contribution in [2.75, 3.05) is 23.3 Å². The van der Waals surface area contributed by atoms with Gasteiger partial charge >= 0.3 is 0 Å². The van der Waals surface area contributed by atoms with Crippen LogP contribution in [0.4, 0.5) is 11.4 Å². The van der Waals surface area contributed by atoms with Gasteiger partial charge in [0.05, 0.1) is 0 Å². The number of amides is 1. The number of nitriles is 1. The highest BCUT2D eigenvalue weighted by atomic mass is 16.1. The fourth-order valence-electron chi connectivity index (χ4n) is 2.07. The minimum atomic E-state index is -0.382. The lowest BCUT2D eigenvalue weighted by Crippen LogP contribution is -2.41. The van der Waals surface area contributed by atoms with E-state index in [-0.39, 0.29) is 17.0 Å². The summed E-state index contributed by atoms with van der Waals surface area (Å²) in [6, 6.07) is 9.82. The van der Waals surface area contributed by atoms with Crippen molar-refractivity contribution in [2.24, 2.45) is 0 Å². The largest absolute Gasteiger partial charge is 0.372 e. The fraction of sp³-hybridized carbons (Fsp3) is 0.444. The molecule has 0 heterocycles. The average molecular weight is 314 g/mol. The average Bonchev–Trinajstić information content (AvgIpc) is 2.48. The lowest BCUT2D eigenvalue weighted by Gasteiger charge is -2.21. The smallest absolute Gasteiger partial charge is 0.263 e. The quantitative estimate of drug-likeness (QED) is 0.624. The van der Waals surface area contributed by atoms with Gasteiger partial charge in [-0.15, -0.1) is 0 Å². The molecule has 0 aliphatic carbocycles. The van der Waals surface area contributed by atoms with E-state index in [0.717, 1.165) is 24.5 Å². The minimum absolute atomic E-state index is 0.0488. The fourth-order valence-corrected chi connectivity index (χ4v) is 2.07. The zero-order valence-corrected chi connectivity index (χ0v) is 14.6. The first-order valence-corrected chi connectivity index (χ1v) is 7.85. The number of hydrogen-bond donors (Lipinski definition) is 2. The molecular weight excluding hydrogens is 288 g/mol. The van der Waals surface area contributed by atoms with Crippen molar-refractivity contribution in [3.8, 4) is 6.07 Å². The molecule has 1 aromatic rings. The lowest BCUT2D eigenvalue weighted by atomic mass is 10.1. The Kier molecular flexibility index (Phi) is 6.65. The molecular formula is C18H26N4O. The molecule has 5 heteroatoms. The highest BCUT2D eigenvalue weighted by Gasteiger charge is 2.17. The Labute approximate surface area is 139 Å². The van der Waals surface area contributed by atoms with Crippen LogP contribution in [0.5, 0.6) is 0 Å². The molecule has 0 aliphatic rings. The van der Waals surface area contributed by atoms with Crippen LogP contribution < -0.4 is 15.5 Å². The van der Waals surface area contributed by atoms with E-state index < -0.39 is 0 Å². The SMILES string of the molecule is CCN(CC)c1ccc(N/C=C(/C#N)C(=O)NC(C)(C)C)cc1. The van der Waals surface area contributed by atoms with Gasteiger partial charge in [0.2, 0.25) is 0 Å². The zero-order chi connectivity index (χ0) is 17.5. The normalized spacial score (nSPS) is 11.6. The van der Waals surface area contributed by atoms with Crippen LogP contribution in [0.25, 0.3) is 0 Å². The number of nitrogens with zero attached hydrogens (tertiary/aromatic N) is 2. The van der Waals surface area contributed by atoms with Gasteiger partial charge < -0.3 is 15.5 Å². The van der Waals surface area contributed by atoms with Crippen LogP contribution in [0.2, 0.25) is 0 Å². The van der Waals surface area contributed by atoms with E-state index in [4.69, 9.17) is 5.26 Å². The summed E-state index contributed by atoms with van der Waals surface area (Å²) in [5.74, 6) is -0.382. The standard InChI is InChI=1S/C18H26N4O/c1-6-22(7-2)16-10-8-15(9-11-16)20-13-14(12-19)17(23)21-18(3,4)5/h8-11,13,20H,6-7H2,1-5H3,(H,21,23)/b14-13-. The number of hydrogen-bond acceptors (Lipinski definition) is 4. The van der Waals surface area contributed by atoms with Gasteiger partial charge in [0.15, 0.2) is 0 Å². The van der Waals surface area contributed by atoms with E-state index in [0.29, 0.717) is 0 Å². The molecule has 124 valence electrons. The third-order valence-electron chi connectivity index (χ3n) is 3.23. The molecule has 2 N–H and O–H groups in total. The molecule has 1 rings (SSSR count). The molecule has 1 amide bonds. The summed E-state index contributed by atoms with van der Waals surface area (Å²) >= 11 is 0. The third-order valence-corrected chi connectivity index (χ3v) is 3.23. The van der Waals surface area contributed by atoms with E-state index in [1.807, 2.05) is 51.1 Å². The number of anilines is 2. The van der Waals surface area contributed by atoms with Crippen LogP contribution in [-0.2, 0) is 4.79 Å². The summed E-state index contributed by atoms with van der Waals surface area (Å²) in [6.45, 7) is 11.8. The number of rotatable bonds is 6. The molecule has 0 unspecified atom stereocenters. The van der Waals surface area contributed by atoms with Crippen molar-refractivity contribution in [1.82, 2.24) is 5.32 Å². The van der Waals surface area contributed by atoms with E-state index in [1.165, 1.54) is 6.20 Å². The summed E-state index contributed by atoms with van der Waals surface area (Å²) in [6.07, 6.45) is 1.44. The maximum atomic E-state index is 12.0.